The van der Waals surface area contributed by atoms with Crippen LogP contribution >= 0.6 is 0 Å². The van der Waals surface area contributed by atoms with Gasteiger partial charge < -0.3 is 0 Å². The fourth-order valence-electron chi connectivity index (χ4n) is 5.50. The summed E-state index contributed by atoms with van der Waals surface area (Å²) < 4.78 is 2.52. The summed E-state index contributed by atoms with van der Waals surface area (Å²) in [7, 11) is 0. The van der Waals surface area contributed by atoms with E-state index < -0.39 is 0 Å². The van der Waals surface area contributed by atoms with Crippen LogP contribution in [0.1, 0.15) is 22.5 Å². The van der Waals surface area contributed by atoms with Crippen LogP contribution in [0, 0.1) is 0 Å². The molecule has 1 nitrogen and oxygen atoms in total. The van der Waals surface area contributed by atoms with Gasteiger partial charge in [0.05, 0.1) is 18.4 Å². The predicted molar refractivity (Wildman–Crippen MR) is 122 cm³/mol. The number of fused-ring (bicyclic) bond motifs is 8. The van der Waals surface area contributed by atoms with Crippen molar-refractivity contribution in [1.82, 2.24) is 0 Å². The van der Waals surface area contributed by atoms with Crippen molar-refractivity contribution in [3.63, 3.8) is 0 Å². The Hall–Kier alpha value is -3.71. The van der Waals surface area contributed by atoms with E-state index in [9.17, 15) is 0 Å². The van der Waals surface area contributed by atoms with Crippen molar-refractivity contribution in [1.29, 1.82) is 0 Å². The van der Waals surface area contributed by atoms with Crippen molar-refractivity contribution in [3.8, 4) is 27.9 Å². The molecule has 2 aliphatic rings. The van der Waals surface area contributed by atoms with Crippen LogP contribution in [0.4, 0.5) is 0 Å². The summed E-state index contributed by atoms with van der Waals surface area (Å²) in [6.45, 7) is 0. The third kappa shape index (κ3) is 2.10. The second kappa shape index (κ2) is 5.90. The molecule has 0 unspecified atom stereocenters. The first-order chi connectivity index (χ1) is 14.9. The van der Waals surface area contributed by atoms with E-state index in [2.05, 4.69) is 102 Å². The molecule has 0 atom stereocenters. The lowest BCUT2D eigenvalue weighted by molar-refractivity contribution is -0.604. The van der Waals surface area contributed by atoms with Gasteiger partial charge >= 0.3 is 0 Å². The maximum Gasteiger partial charge on any atom is 0.214 e. The monoisotopic (exact) mass is 382 g/mol. The van der Waals surface area contributed by atoms with Gasteiger partial charge in [-0.2, -0.15) is 4.57 Å². The first kappa shape index (κ1) is 16.1. The average Bonchev–Trinajstić information content (AvgIpc) is 3.35. The lowest BCUT2D eigenvalue weighted by Gasteiger charge is -2.14. The Bertz CT molecular complexity index is 1480. The van der Waals surface area contributed by atoms with Gasteiger partial charge in [0.1, 0.15) is 0 Å². The molecular weight excluding hydrogens is 362 g/mol. The van der Waals surface area contributed by atoms with Crippen LogP contribution in [0.5, 0.6) is 0 Å². The molecule has 0 fully saturated rings. The zero-order valence-electron chi connectivity index (χ0n) is 16.6. The molecule has 1 aromatic heterocycles. The van der Waals surface area contributed by atoms with Crippen molar-refractivity contribution in [2.75, 3.05) is 0 Å². The first-order valence-electron chi connectivity index (χ1n) is 10.6. The van der Waals surface area contributed by atoms with Gasteiger partial charge in [0, 0.05) is 23.3 Å². The highest BCUT2D eigenvalue weighted by Gasteiger charge is 2.37. The zero-order chi connectivity index (χ0) is 19.7. The highest BCUT2D eigenvalue weighted by Crippen LogP contribution is 2.46. The maximum atomic E-state index is 2.52. The number of hydrogen-bond acceptors (Lipinski definition) is 0. The van der Waals surface area contributed by atoms with Crippen molar-refractivity contribution in [2.24, 2.45) is 0 Å². The second-order valence-electron chi connectivity index (χ2n) is 8.38. The fourth-order valence-corrected chi connectivity index (χ4v) is 5.50. The van der Waals surface area contributed by atoms with Gasteiger partial charge in [-0.3, -0.25) is 0 Å². The maximum absolute atomic E-state index is 2.52. The number of hydrogen-bond donors (Lipinski definition) is 0. The molecule has 0 spiro atoms. The molecule has 0 saturated carbocycles. The molecule has 5 aromatic rings. The van der Waals surface area contributed by atoms with E-state index in [1.807, 2.05) is 0 Å². The minimum Gasteiger partial charge on any atom is -0.160 e. The molecule has 7 rings (SSSR count). The quantitative estimate of drug-likeness (QED) is 0.295. The zero-order valence-corrected chi connectivity index (χ0v) is 16.6. The summed E-state index contributed by atoms with van der Waals surface area (Å²) in [5.74, 6) is 0. The molecule has 2 heterocycles. The SMILES string of the molecule is c1ccc(-c2c3c(cc4ccccc24)Cc2c-3ccc3[n+]2-c2ccccc2C3)cc1. The largest absolute Gasteiger partial charge is 0.214 e. The topological polar surface area (TPSA) is 3.88 Å². The van der Waals surface area contributed by atoms with E-state index in [0.717, 1.165) is 12.8 Å². The van der Waals surface area contributed by atoms with Gasteiger partial charge in [0.25, 0.3) is 0 Å². The Balaban J connectivity index is 1.58. The summed E-state index contributed by atoms with van der Waals surface area (Å²) in [5.41, 5.74) is 12.5. The smallest absolute Gasteiger partial charge is 0.160 e. The summed E-state index contributed by atoms with van der Waals surface area (Å²) >= 11 is 0. The number of aromatic nitrogens is 1. The van der Waals surface area contributed by atoms with E-state index in [0.29, 0.717) is 0 Å². The van der Waals surface area contributed by atoms with Gasteiger partial charge in [0.2, 0.25) is 5.69 Å². The standard InChI is InChI=1S/C29H20N/c1-2-8-19(9-3-1)28-24-12-6-4-10-20(24)16-22-18-27-25(29(22)28)15-14-23-17-21-11-5-7-13-26(21)30(23)27/h1-16H,17-18H2/q+1. The molecule has 0 N–H and O–H groups in total. The van der Waals surface area contributed by atoms with Crippen molar-refractivity contribution in [2.45, 2.75) is 12.8 Å². The molecule has 1 heteroatoms. The Kier molecular flexibility index (Phi) is 3.17. The molecule has 1 aliphatic heterocycles. The van der Waals surface area contributed by atoms with E-state index >= 15 is 0 Å². The Morgan fingerprint density at radius 3 is 2.33 bits per heavy atom. The van der Waals surface area contributed by atoms with Gasteiger partial charge in [-0.15, -0.1) is 0 Å². The van der Waals surface area contributed by atoms with Gasteiger partial charge in [-0.25, -0.2) is 0 Å². The van der Waals surface area contributed by atoms with Gasteiger partial charge in [0.15, 0.2) is 11.4 Å². The van der Waals surface area contributed by atoms with E-state index in [4.69, 9.17) is 0 Å². The third-order valence-electron chi connectivity index (χ3n) is 6.74. The highest BCUT2D eigenvalue weighted by atomic mass is 15.0. The minimum absolute atomic E-state index is 0.984. The molecule has 1 aliphatic carbocycles. The predicted octanol–water partition coefficient (Wildman–Crippen LogP) is 6.26. The van der Waals surface area contributed by atoms with Crippen LogP contribution in [-0.2, 0) is 12.8 Å². The van der Waals surface area contributed by atoms with Crippen LogP contribution in [-0.4, -0.2) is 0 Å². The van der Waals surface area contributed by atoms with Crippen LogP contribution < -0.4 is 4.57 Å². The van der Waals surface area contributed by atoms with Gasteiger partial charge in [-0.05, 0) is 39.6 Å². The molecule has 0 saturated heterocycles. The lowest BCUT2D eigenvalue weighted by atomic mass is 9.89. The van der Waals surface area contributed by atoms with Crippen molar-refractivity contribution >= 4 is 10.8 Å². The first-order valence-corrected chi connectivity index (χ1v) is 10.6. The fraction of sp³-hybridized carbons (Fsp3) is 0.0690. The van der Waals surface area contributed by atoms with Gasteiger partial charge in [-0.1, -0.05) is 72.8 Å². The normalized spacial score (nSPS) is 13.1. The number of benzene rings is 4. The van der Waals surface area contributed by atoms with E-state index in [1.54, 1.807) is 0 Å². The van der Waals surface area contributed by atoms with Crippen molar-refractivity contribution in [3.05, 3.63) is 120 Å². The summed E-state index contributed by atoms with van der Waals surface area (Å²) in [5, 5.41) is 2.66. The lowest BCUT2D eigenvalue weighted by Crippen LogP contribution is -2.36. The summed E-state index contributed by atoms with van der Waals surface area (Å²) in [6.07, 6.45) is 2.00. The number of rotatable bonds is 1. The second-order valence-corrected chi connectivity index (χ2v) is 8.38. The highest BCUT2D eigenvalue weighted by molar-refractivity contribution is 6.06. The van der Waals surface area contributed by atoms with Crippen LogP contribution in [0.3, 0.4) is 0 Å². The minimum atomic E-state index is 0.984. The Morgan fingerprint density at radius 2 is 1.40 bits per heavy atom. The summed E-state index contributed by atoms with van der Waals surface area (Å²) in [4.78, 5) is 0. The molecule has 0 amide bonds. The molecule has 0 bridgehead atoms. The molecule has 4 aromatic carbocycles. The van der Waals surface area contributed by atoms with Crippen molar-refractivity contribution < 1.29 is 4.57 Å². The molecule has 140 valence electrons. The van der Waals surface area contributed by atoms with Crippen LogP contribution in [0.25, 0.3) is 38.7 Å². The third-order valence-corrected chi connectivity index (χ3v) is 6.74. The number of nitrogens with zero attached hydrogens (tertiary/aromatic N) is 1. The van der Waals surface area contributed by atoms with Crippen LogP contribution in [0.15, 0.2) is 97.1 Å². The number of pyridine rings is 1. The molecule has 0 radical (unpaired) electrons. The number of para-hydroxylation sites is 1. The molecule has 30 heavy (non-hydrogen) atoms. The molecular formula is C29H20N+. The Morgan fingerprint density at radius 1 is 0.600 bits per heavy atom. The van der Waals surface area contributed by atoms with E-state index in [1.165, 1.54) is 61.2 Å². The van der Waals surface area contributed by atoms with E-state index in [-0.39, 0.29) is 0 Å². The Labute approximate surface area is 175 Å². The summed E-state index contributed by atoms with van der Waals surface area (Å²) in [6, 6.07) is 35.6. The average molecular weight is 382 g/mol. The van der Waals surface area contributed by atoms with Crippen LogP contribution in [0.2, 0.25) is 0 Å².